The number of rotatable bonds is 3. The van der Waals surface area contributed by atoms with Crippen LogP contribution >= 0.6 is 0 Å². The Morgan fingerprint density at radius 3 is 2.83 bits per heavy atom. The number of benzene rings is 1. The number of aromatic nitrogens is 2. The van der Waals surface area contributed by atoms with Crippen LogP contribution in [0.4, 0.5) is 5.69 Å². The van der Waals surface area contributed by atoms with Crippen molar-refractivity contribution in [1.29, 1.82) is 0 Å². The summed E-state index contributed by atoms with van der Waals surface area (Å²) >= 11 is 0. The van der Waals surface area contributed by atoms with E-state index in [0.29, 0.717) is 6.04 Å². The zero-order valence-electron chi connectivity index (χ0n) is 11.0. The summed E-state index contributed by atoms with van der Waals surface area (Å²) in [6, 6.07) is 6.78. The van der Waals surface area contributed by atoms with Crippen LogP contribution in [-0.4, -0.2) is 9.55 Å². The third-order valence-electron chi connectivity index (χ3n) is 3.95. The monoisotopic (exact) mass is 243 g/mol. The Morgan fingerprint density at radius 2 is 2.11 bits per heavy atom. The molecular formula is C15H21N3. The maximum atomic E-state index is 5.86. The highest BCUT2D eigenvalue weighted by Gasteiger charge is 2.22. The summed E-state index contributed by atoms with van der Waals surface area (Å²) < 4.78 is 2.48. The van der Waals surface area contributed by atoms with Crippen LogP contribution in [0.1, 0.15) is 50.9 Å². The van der Waals surface area contributed by atoms with E-state index in [0.717, 1.165) is 24.0 Å². The van der Waals surface area contributed by atoms with Gasteiger partial charge in [-0.15, -0.1) is 0 Å². The minimum absolute atomic E-state index is 0.653. The van der Waals surface area contributed by atoms with E-state index in [9.17, 15) is 0 Å². The number of imidazole rings is 1. The van der Waals surface area contributed by atoms with Gasteiger partial charge in [0.05, 0.1) is 11.0 Å². The van der Waals surface area contributed by atoms with E-state index in [-0.39, 0.29) is 0 Å². The molecule has 0 amide bonds. The standard InChI is InChI=1S/C15H21N3/c1-2-5-15-17-13-10-11(16)8-9-14(13)18(15)12-6-3-4-7-12/h8-10,12H,2-7,16H2,1H3. The van der Waals surface area contributed by atoms with Crippen LogP contribution < -0.4 is 5.73 Å². The van der Waals surface area contributed by atoms with E-state index in [4.69, 9.17) is 10.7 Å². The number of hydrogen-bond donors (Lipinski definition) is 1. The zero-order valence-corrected chi connectivity index (χ0v) is 11.0. The zero-order chi connectivity index (χ0) is 12.5. The van der Waals surface area contributed by atoms with Crippen molar-refractivity contribution in [2.24, 2.45) is 0 Å². The highest BCUT2D eigenvalue weighted by atomic mass is 15.1. The predicted molar refractivity (Wildman–Crippen MR) is 75.6 cm³/mol. The summed E-state index contributed by atoms with van der Waals surface area (Å²) in [7, 11) is 0. The summed E-state index contributed by atoms with van der Waals surface area (Å²) in [5.74, 6) is 1.24. The van der Waals surface area contributed by atoms with E-state index in [1.807, 2.05) is 12.1 Å². The first kappa shape index (κ1) is 11.6. The van der Waals surface area contributed by atoms with Crippen LogP contribution in [0, 0.1) is 0 Å². The van der Waals surface area contributed by atoms with Crippen molar-refractivity contribution >= 4 is 16.7 Å². The average Bonchev–Trinajstić information content (AvgIpc) is 2.95. The highest BCUT2D eigenvalue weighted by molar-refractivity contribution is 5.79. The van der Waals surface area contributed by atoms with Gasteiger partial charge in [0.2, 0.25) is 0 Å². The normalized spacial score (nSPS) is 16.7. The van der Waals surface area contributed by atoms with Crippen molar-refractivity contribution in [3.63, 3.8) is 0 Å². The van der Waals surface area contributed by atoms with Crippen LogP contribution in [-0.2, 0) is 6.42 Å². The van der Waals surface area contributed by atoms with Crippen molar-refractivity contribution < 1.29 is 0 Å². The van der Waals surface area contributed by atoms with Gasteiger partial charge in [-0.1, -0.05) is 19.8 Å². The van der Waals surface area contributed by atoms with Crippen LogP contribution in [0.2, 0.25) is 0 Å². The summed E-state index contributed by atoms with van der Waals surface area (Å²) in [5, 5.41) is 0. The number of fused-ring (bicyclic) bond motifs is 1. The summed E-state index contributed by atoms with van der Waals surface area (Å²) in [5.41, 5.74) is 8.99. The molecule has 18 heavy (non-hydrogen) atoms. The molecule has 2 N–H and O–H groups in total. The molecule has 0 radical (unpaired) electrons. The number of anilines is 1. The highest BCUT2D eigenvalue weighted by Crippen LogP contribution is 2.34. The molecule has 0 bridgehead atoms. The lowest BCUT2D eigenvalue weighted by molar-refractivity contribution is 0.508. The molecule has 1 aliphatic carbocycles. The SMILES string of the molecule is CCCc1nc2cc(N)ccc2n1C1CCCC1. The van der Waals surface area contributed by atoms with Gasteiger partial charge in [0.1, 0.15) is 5.82 Å². The van der Waals surface area contributed by atoms with Gasteiger partial charge in [0, 0.05) is 18.2 Å². The molecule has 96 valence electrons. The Morgan fingerprint density at radius 1 is 1.33 bits per heavy atom. The van der Waals surface area contributed by atoms with Crippen molar-refractivity contribution in [1.82, 2.24) is 9.55 Å². The number of nitrogens with two attached hydrogens (primary N) is 1. The summed E-state index contributed by atoms with van der Waals surface area (Å²) in [6.45, 7) is 2.21. The third-order valence-corrected chi connectivity index (χ3v) is 3.95. The van der Waals surface area contributed by atoms with Crippen molar-refractivity contribution in [3.8, 4) is 0 Å². The van der Waals surface area contributed by atoms with Crippen molar-refractivity contribution in [2.45, 2.75) is 51.5 Å². The Labute approximate surface area is 108 Å². The fraction of sp³-hybridized carbons (Fsp3) is 0.533. The molecule has 1 heterocycles. The summed E-state index contributed by atoms with van der Waals surface area (Å²) in [6.07, 6.45) is 7.51. The molecule has 1 fully saturated rings. The van der Waals surface area contributed by atoms with Gasteiger partial charge < -0.3 is 10.3 Å². The fourth-order valence-corrected chi connectivity index (χ4v) is 3.14. The van der Waals surface area contributed by atoms with E-state index >= 15 is 0 Å². The van der Waals surface area contributed by atoms with E-state index in [1.165, 1.54) is 37.0 Å². The maximum absolute atomic E-state index is 5.86. The topological polar surface area (TPSA) is 43.8 Å². The molecule has 3 rings (SSSR count). The fourth-order valence-electron chi connectivity index (χ4n) is 3.14. The molecule has 0 saturated heterocycles. The van der Waals surface area contributed by atoms with Crippen LogP contribution in [0.5, 0.6) is 0 Å². The largest absolute Gasteiger partial charge is 0.399 e. The first-order valence-electron chi connectivity index (χ1n) is 7.06. The molecule has 3 heteroatoms. The van der Waals surface area contributed by atoms with E-state index in [1.54, 1.807) is 0 Å². The van der Waals surface area contributed by atoms with Gasteiger partial charge in [0.25, 0.3) is 0 Å². The summed E-state index contributed by atoms with van der Waals surface area (Å²) in [4.78, 5) is 4.79. The van der Waals surface area contributed by atoms with E-state index in [2.05, 4.69) is 17.6 Å². The molecule has 0 atom stereocenters. The van der Waals surface area contributed by atoms with Gasteiger partial charge in [-0.25, -0.2) is 4.98 Å². The molecule has 1 aromatic carbocycles. The van der Waals surface area contributed by atoms with Crippen LogP contribution in [0.15, 0.2) is 18.2 Å². The van der Waals surface area contributed by atoms with Crippen molar-refractivity contribution in [2.75, 3.05) is 5.73 Å². The molecule has 2 aromatic rings. The lowest BCUT2D eigenvalue weighted by Gasteiger charge is -2.16. The Hall–Kier alpha value is -1.51. The number of hydrogen-bond acceptors (Lipinski definition) is 2. The average molecular weight is 243 g/mol. The first-order chi connectivity index (χ1) is 8.79. The molecule has 1 aliphatic rings. The van der Waals surface area contributed by atoms with Crippen LogP contribution in [0.3, 0.4) is 0 Å². The third kappa shape index (κ3) is 1.88. The molecule has 0 unspecified atom stereocenters. The molecule has 0 spiro atoms. The number of aryl methyl sites for hydroxylation is 1. The lowest BCUT2D eigenvalue weighted by atomic mass is 10.2. The minimum Gasteiger partial charge on any atom is -0.399 e. The predicted octanol–water partition coefficient (Wildman–Crippen LogP) is 3.69. The van der Waals surface area contributed by atoms with Gasteiger partial charge >= 0.3 is 0 Å². The van der Waals surface area contributed by atoms with Crippen molar-refractivity contribution in [3.05, 3.63) is 24.0 Å². The van der Waals surface area contributed by atoms with Gasteiger partial charge in [-0.3, -0.25) is 0 Å². The minimum atomic E-state index is 0.653. The molecule has 1 saturated carbocycles. The van der Waals surface area contributed by atoms with E-state index < -0.39 is 0 Å². The maximum Gasteiger partial charge on any atom is 0.110 e. The second-order valence-electron chi connectivity index (χ2n) is 5.33. The Kier molecular flexibility index (Phi) is 2.98. The smallest absolute Gasteiger partial charge is 0.110 e. The Balaban J connectivity index is 2.14. The lowest BCUT2D eigenvalue weighted by Crippen LogP contribution is -2.09. The Bertz CT molecular complexity index is 550. The second-order valence-corrected chi connectivity index (χ2v) is 5.33. The second kappa shape index (κ2) is 4.63. The molecule has 1 aromatic heterocycles. The number of nitrogens with zero attached hydrogens (tertiary/aromatic N) is 2. The molecule has 3 nitrogen and oxygen atoms in total. The van der Waals surface area contributed by atoms with Gasteiger partial charge in [-0.2, -0.15) is 0 Å². The molecule has 0 aliphatic heterocycles. The van der Waals surface area contributed by atoms with Gasteiger partial charge in [0.15, 0.2) is 0 Å². The van der Waals surface area contributed by atoms with Crippen LogP contribution in [0.25, 0.3) is 11.0 Å². The van der Waals surface area contributed by atoms with Gasteiger partial charge in [-0.05, 0) is 37.5 Å². The number of nitrogen functional groups attached to an aromatic ring is 1. The first-order valence-corrected chi connectivity index (χ1v) is 7.06. The molecular weight excluding hydrogens is 222 g/mol. The quantitative estimate of drug-likeness (QED) is 0.836.